The lowest BCUT2D eigenvalue weighted by atomic mass is 10.1. The predicted molar refractivity (Wildman–Crippen MR) is 71.4 cm³/mol. The van der Waals surface area contributed by atoms with Gasteiger partial charge >= 0.3 is 0 Å². The van der Waals surface area contributed by atoms with Crippen LogP contribution in [0.15, 0.2) is 30.3 Å². The van der Waals surface area contributed by atoms with Crippen molar-refractivity contribution in [2.24, 2.45) is 0 Å². The zero-order chi connectivity index (χ0) is 12.6. The highest BCUT2D eigenvalue weighted by Crippen LogP contribution is 2.11. The van der Waals surface area contributed by atoms with Crippen LogP contribution in [0.3, 0.4) is 0 Å². The molecule has 1 atom stereocenters. The molecule has 0 radical (unpaired) electrons. The van der Waals surface area contributed by atoms with Crippen LogP contribution in [0.2, 0.25) is 0 Å². The number of rotatable bonds is 6. The fourth-order valence-electron chi connectivity index (χ4n) is 2.21. The minimum Gasteiger partial charge on any atom is -0.368 e. The smallest absolute Gasteiger partial charge is 0.249 e. The summed E-state index contributed by atoms with van der Waals surface area (Å²) < 4.78 is 5.33. The Kier molecular flexibility index (Phi) is 5.21. The van der Waals surface area contributed by atoms with E-state index in [0.717, 1.165) is 45.3 Å². The summed E-state index contributed by atoms with van der Waals surface area (Å²) in [4.78, 5) is 11.6. The highest BCUT2D eigenvalue weighted by Gasteiger charge is 2.22. The molecule has 1 N–H and O–H groups in total. The quantitative estimate of drug-likeness (QED) is 0.783. The lowest BCUT2D eigenvalue weighted by Crippen LogP contribution is -2.34. The third kappa shape index (κ3) is 4.15. The molecule has 1 aliphatic heterocycles. The fourth-order valence-corrected chi connectivity index (χ4v) is 2.21. The Labute approximate surface area is 109 Å². The van der Waals surface area contributed by atoms with Crippen molar-refractivity contribution in [2.75, 3.05) is 13.2 Å². The topological polar surface area (TPSA) is 38.3 Å². The van der Waals surface area contributed by atoms with Gasteiger partial charge in [0.25, 0.3) is 0 Å². The third-order valence-electron chi connectivity index (χ3n) is 3.26. The van der Waals surface area contributed by atoms with Crippen LogP contribution in [0.4, 0.5) is 0 Å². The molecule has 0 saturated carbocycles. The lowest BCUT2D eigenvalue weighted by Gasteiger charge is -2.10. The molecular weight excluding hydrogens is 226 g/mol. The molecule has 1 heterocycles. The average Bonchev–Trinajstić information content (AvgIpc) is 2.93. The Balaban J connectivity index is 1.54. The Morgan fingerprint density at radius 1 is 1.28 bits per heavy atom. The number of carbonyl (C=O) groups is 1. The molecule has 0 aromatic heterocycles. The number of carbonyl (C=O) groups excluding carboxylic acids is 1. The van der Waals surface area contributed by atoms with Gasteiger partial charge in [-0.1, -0.05) is 30.3 Å². The monoisotopic (exact) mass is 247 g/mol. The van der Waals surface area contributed by atoms with E-state index in [9.17, 15) is 4.79 Å². The molecule has 0 bridgehead atoms. The van der Waals surface area contributed by atoms with Gasteiger partial charge in [0.2, 0.25) is 5.91 Å². The first kappa shape index (κ1) is 13.1. The average molecular weight is 247 g/mol. The molecule has 98 valence electrons. The van der Waals surface area contributed by atoms with Crippen molar-refractivity contribution in [3.8, 4) is 0 Å². The summed E-state index contributed by atoms with van der Waals surface area (Å²) in [6, 6.07) is 10.4. The predicted octanol–water partition coefficient (Wildman–Crippen LogP) is 2.30. The van der Waals surface area contributed by atoms with E-state index in [-0.39, 0.29) is 12.0 Å². The van der Waals surface area contributed by atoms with Crippen molar-refractivity contribution in [2.45, 2.75) is 38.2 Å². The number of hydrogen-bond donors (Lipinski definition) is 1. The molecule has 1 aliphatic rings. The number of benzene rings is 1. The maximum Gasteiger partial charge on any atom is 0.249 e. The summed E-state index contributed by atoms with van der Waals surface area (Å²) in [5.74, 6) is 0.0622. The molecule has 0 spiro atoms. The van der Waals surface area contributed by atoms with Gasteiger partial charge in [-0.2, -0.15) is 0 Å². The zero-order valence-corrected chi connectivity index (χ0v) is 10.7. The number of nitrogens with one attached hydrogen (secondary N) is 1. The van der Waals surface area contributed by atoms with Crippen LogP contribution in [0.1, 0.15) is 31.2 Å². The van der Waals surface area contributed by atoms with Gasteiger partial charge < -0.3 is 10.1 Å². The summed E-state index contributed by atoms with van der Waals surface area (Å²) in [6.45, 7) is 1.48. The summed E-state index contributed by atoms with van der Waals surface area (Å²) in [5.41, 5.74) is 1.36. The van der Waals surface area contributed by atoms with Gasteiger partial charge in [-0.05, 0) is 37.7 Å². The Morgan fingerprint density at radius 3 is 2.83 bits per heavy atom. The fraction of sp³-hybridized carbons (Fsp3) is 0.533. The standard InChI is InChI=1S/C15H21NO2/c17-15(14-10-6-12-18-14)16-11-5-4-9-13-7-2-1-3-8-13/h1-3,7-8,14H,4-6,9-12H2,(H,16,17)/t14-/m0/s1. The van der Waals surface area contributed by atoms with Crippen molar-refractivity contribution in [3.63, 3.8) is 0 Å². The second kappa shape index (κ2) is 7.17. The second-order valence-corrected chi connectivity index (χ2v) is 4.74. The highest BCUT2D eigenvalue weighted by molar-refractivity contribution is 5.80. The van der Waals surface area contributed by atoms with Crippen molar-refractivity contribution >= 4 is 5.91 Å². The number of unbranched alkanes of at least 4 members (excludes halogenated alkanes) is 1. The van der Waals surface area contributed by atoms with Crippen LogP contribution in [-0.4, -0.2) is 25.2 Å². The van der Waals surface area contributed by atoms with Crippen LogP contribution in [0, 0.1) is 0 Å². The number of hydrogen-bond acceptors (Lipinski definition) is 2. The molecule has 2 rings (SSSR count). The van der Waals surface area contributed by atoms with Crippen LogP contribution in [0.5, 0.6) is 0 Å². The van der Waals surface area contributed by atoms with E-state index in [4.69, 9.17) is 4.74 Å². The Morgan fingerprint density at radius 2 is 2.11 bits per heavy atom. The van der Waals surface area contributed by atoms with E-state index < -0.39 is 0 Å². The van der Waals surface area contributed by atoms with E-state index >= 15 is 0 Å². The molecule has 1 fully saturated rings. The summed E-state index contributed by atoms with van der Waals surface area (Å²) >= 11 is 0. The molecule has 3 heteroatoms. The maximum absolute atomic E-state index is 11.6. The Hall–Kier alpha value is -1.35. The molecule has 1 saturated heterocycles. The van der Waals surface area contributed by atoms with Crippen LogP contribution >= 0.6 is 0 Å². The van der Waals surface area contributed by atoms with E-state index in [1.807, 2.05) is 6.07 Å². The summed E-state index contributed by atoms with van der Waals surface area (Å²) in [7, 11) is 0. The van der Waals surface area contributed by atoms with E-state index in [2.05, 4.69) is 29.6 Å². The van der Waals surface area contributed by atoms with E-state index in [0.29, 0.717) is 0 Å². The number of aryl methyl sites for hydroxylation is 1. The van der Waals surface area contributed by atoms with Gasteiger partial charge in [-0.15, -0.1) is 0 Å². The Bertz CT molecular complexity index is 358. The molecule has 1 aromatic rings. The molecule has 0 unspecified atom stereocenters. The first-order chi connectivity index (χ1) is 8.86. The van der Waals surface area contributed by atoms with E-state index in [1.165, 1.54) is 5.56 Å². The molecule has 3 nitrogen and oxygen atoms in total. The second-order valence-electron chi connectivity index (χ2n) is 4.74. The molecule has 0 aliphatic carbocycles. The normalized spacial score (nSPS) is 18.8. The van der Waals surface area contributed by atoms with Gasteiger partial charge in [0, 0.05) is 13.2 Å². The van der Waals surface area contributed by atoms with E-state index in [1.54, 1.807) is 0 Å². The summed E-state index contributed by atoms with van der Waals surface area (Å²) in [5, 5.41) is 2.95. The van der Waals surface area contributed by atoms with Gasteiger partial charge in [0.15, 0.2) is 0 Å². The van der Waals surface area contributed by atoms with Gasteiger partial charge in [0.1, 0.15) is 6.10 Å². The van der Waals surface area contributed by atoms with Gasteiger partial charge in [-0.3, -0.25) is 4.79 Å². The minimum absolute atomic E-state index is 0.0622. The summed E-state index contributed by atoms with van der Waals surface area (Å²) in [6.07, 6.45) is 4.89. The van der Waals surface area contributed by atoms with Crippen molar-refractivity contribution in [1.29, 1.82) is 0 Å². The number of ether oxygens (including phenoxy) is 1. The lowest BCUT2D eigenvalue weighted by molar-refractivity contribution is -0.130. The number of amides is 1. The van der Waals surface area contributed by atoms with Gasteiger partial charge in [0.05, 0.1) is 0 Å². The third-order valence-corrected chi connectivity index (χ3v) is 3.26. The first-order valence-corrected chi connectivity index (χ1v) is 6.79. The zero-order valence-electron chi connectivity index (χ0n) is 10.7. The largest absolute Gasteiger partial charge is 0.368 e. The molecule has 1 amide bonds. The van der Waals surface area contributed by atoms with Crippen molar-refractivity contribution in [1.82, 2.24) is 5.32 Å². The first-order valence-electron chi connectivity index (χ1n) is 6.79. The highest BCUT2D eigenvalue weighted by atomic mass is 16.5. The minimum atomic E-state index is -0.195. The van der Waals surface area contributed by atoms with Crippen molar-refractivity contribution in [3.05, 3.63) is 35.9 Å². The SMILES string of the molecule is O=C(NCCCCc1ccccc1)[C@@H]1CCCO1. The van der Waals surface area contributed by atoms with Crippen LogP contribution in [0.25, 0.3) is 0 Å². The maximum atomic E-state index is 11.6. The molecule has 18 heavy (non-hydrogen) atoms. The van der Waals surface area contributed by atoms with Gasteiger partial charge in [-0.25, -0.2) is 0 Å². The molecule has 1 aromatic carbocycles. The van der Waals surface area contributed by atoms with Crippen LogP contribution < -0.4 is 5.32 Å². The van der Waals surface area contributed by atoms with Crippen molar-refractivity contribution < 1.29 is 9.53 Å². The molecular formula is C15H21NO2. The van der Waals surface area contributed by atoms with Crippen LogP contribution in [-0.2, 0) is 16.0 Å².